The smallest absolute Gasteiger partial charge is 0.228 e. The Bertz CT molecular complexity index is 406. The molecule has 2 nitrogen and oxygen atoms in total. The summed E-state index contributed by atoms with van der Waals surface area (Å²) in [5.41, 5.74) is 1.91. The fourth-order valence-corrected chi connectivity index (χ4v) is 2.21. The van der Waals surface area contributed by atoms with Crippen molar-refractivity contribution in [2.24, 2.45) is 0 Å². The van der Waals surface area contributed by atoms with Crippen molar-refractivity contribution >= 4 is 34.8 Å². The van der Waals surface area contributed by atoms with E-state index < -0.39 is 0 Å². The van der Waals surface area contributed by atoms with Gasteiger partial charge in [-0.15, -0.1) is 11.6 Å². The SMILES string of the molecule is Cc1ccc(Cl)cc1N1CC(Cl)CC1=O. The van der Waals surface area contributed by atoms with Crippen molar-refractivity contribution in [1.29, 1.82) is 0 Å². The summed E-state index contributed by atoms with van der Waals surface area (Å²) in [6, 6.07) is 5.54. The first kappa shape index (κ1) is 10.8. The maximum absolute atomic E-state index is 11.6. The van der Waals surface area contributed by atoms with Gasteiger partial charge in [0, 0.05) is 23.7 Å². The van der Waals surface area contributed by atoms with Crippen molar-refractivity contribution < 1.29 is 4.79 Å². The average molecular weight is 244 g/mol. The van der Waals surface area contributed by atoms with Crippen LogP contribution in [0.4, 0.5) is 5.69 Å². The summed E-state index contributed by atoms with van der Waals surface area (Å²) in [5, 5.41) is 0.553. The molecule has 1 unspecified atom stereocenters. The van der Waals surface area contributed by atoms with Crippen molar-refractivity contribution in [3.63, 3.8) is 0 Å². The minimum Gasteiger partial charge on any atom is -0.311 e. The van der Waals surface area contributed by atoms with E-state index in [0.717, 1.165) is 11.3 Å². The van der Waals surface area contributed by atoms with Gasteiger partial charge in [0.1, 0.15) is 0 Å². The highest BCUT2D eigenvalue weighted by molar-refractivity contribution is 6.31. The predicted molar refractivity (Wildman–Crippen MR) is 62.8 cm³/mol. The molecule has 80 valence electrons. The van der Waals surface area contributed by atoms with E-state index in [0.29, 0.717) is 18.0 Å². The molecule has 0 N–H and O–H groups in total. The maximum atomic E-state index is 11.6. The first-order valence-electron chi connectivity index (χ1n) is 4.78. The molecule has 1 saturated heterocycles. The number of anilines is 1. The van der Waals surface area contributed by atoms with Crippen LogP contribution in [-0.2, 0) is 4.79 Å². The van der Waals surface area contributed by atoms with Gasteiger partial charge < -0.3 is 4.90 Å². The normalized spacial score (nSPS) is 21.1. The van der Waals surface area contributed by atoms with Crippen molar-refractivity contribution in [2.45, 2.75) is 18.7 Å². The van der Waals surface area contributed by atoms with E-state index in [1.54, 1.807) is 4.90 Å². The van der Waals surface area contributed by atoms with Crippen LogP contribution < -0.4 is 4.90 Å². The van der Waals surface area contributed by atoms with Crippen LogP contribution in [0.25, 0.3) is 0 Å². The van der Waals surface area contributed by atoms with Crippen LogP contribution >= 0.6 is 23.2 Å². The topological polar surface area (TPSA) is 20.3 Å². The number of benzene rings is 1. The van der Waals surface area contributed by atoms with Crippen molar-refractivity contribution in [3.05, 3.63) is 28.8 Å². The van der Waals surface area contributed by atoms with Gasteiger partial charge in [0.25, 0.3) is 0 Å². The number of hydrogen-bond acceptors (Lipinski definition) is 1. The van der Waals surface area contributed by atoms with Crippen LogP contribution in [0, 0.1) is 6.92 Å². The number of hydrogen-bond donors (Lipinski definition) is 0. The summed E-state index contributed by atoms with van der Waals surface area (Å²) in [6.45, 7) is 2.53. The molecular weight excluding hydrogens is 233 g/mol. The Hall–Kier alpha value is -0.730. The number of amides is 1. The van der Waals surface area contributed by atoms with E-state index in [2.05, 4.69) is 0 Å². The molecule has 0 aromatic heterocycles. The average Bonchev–Trinajstić information content (AvgIpc) is 2.50. The van der Waals surface area contributed by atoms with Gasteiger partial charge in [-0.25, -0.2) is 0 Å². The highest BCUT2D eigenvalue weighted by Crippen LogP contribution is 2.29. The first-order valence-corrected chi connectivity index (χ1v) is 5.60. The molecule has 1 fully saturated rings. The molecule has 2 rings (SSSR count). The summed E-state index contributed by atoms with van der Waals surface area (Å²) in [5.74, 6) is 0.0698. The van der Waals surface area contributed by atoms with E-state index >= 15 is 0 Å². The van der Waals surface area contributed by atoms with E-state index in [1.807, 2.05) is 25.1 Å². The molecule has 0 bridgehead atoms. The molecule has 1 amide bonds. The summed E-state index contributed by atoms with van der Waals surface area (Å²) < 4.78 is 0. The van der Waals surface area contributed by atoms with Gasteiger partial charge in [-0.05, 0) is 24.6 Å². The second kappa shape index (κ2) is 4.03. The molecule has 0 saturated carbocycles. The number of alkyl halides is 1. The van der Waals surface area contributed by atoms with Crippen LogP contribution in [0.1, 0.15) is 12.0 Å². The number of aryl methyl sites for hydroxylation is 1. The second-order valence-electron chi connectivity index (χ2n) is 3.74. The second-order valence-corrected chi connectivity index (χ2v) is 4.79. The van der Waals surface area contributed by atoms with E-state index in [1.165, 1.54) is 0 Å². The van der Waals surface area contributed by atoms with E-state index in [9.17, 15) is 4.79 Å². The predicted octanol–water partition coefficient (Wildman–Crippen LogP) is 2.99. The Morgan fingerprint density at radius 1 is 1.47 bits per heavy atom. The van der Waals surface area contributed by atoms with Crippen LogP contribution in [0.3, 0.4) is 0 Å². The molecular formula is C11H11Cl2NO. The van der Waals surface area contributed by atoms with Crippen molar-refractivity contribution in [1.82, 2.24) is 0 Å². The fraction of sp³-hybridized carbons (Fsp3) is 0.364. The van der Waals surface area contributed by atoms with Crippen LogP contribution in [0.15, 0.2) is 18.2 Å². The zero-order valence-electron chi connectivity index (χ0n) is 8.34. The highest BCUT2D eigenvalue weighted by Gasteiger charge is 2.29. The Morgan fingerprint density at radius 3 is 2.80 bits per heavy atom. The monoisotopic (exact) mass is 243 g/mol. The van der Waals surface area contributed by atoms with Crippen LogP contribution in [-0.4, -0.2) is 17.8 Å². The molecule has 1 aromatic carbocycles. The summed E-state index contributed by atoms with van der Waals surface area (Å²) in [4.78, 5) is 13.4. The Labute approximate surface area is 98.8 Å². The molecule has 1 aromatic rings. The molecule has 1 aliphatic heterocycles. The molecule has 1 aliphatic rings. The van der Waals surface area contributed by atoms with E-state index in [-0.39, 0.29) is 11.3 Å². The number of carbonyl (C=O) groups excluding carboxylic acids is 1. The molecule has 4 heteroatoms. The fourth-order valence-electron chi connectivity index (χ4n) is 1.77. The Balaban J connectivity index is 2.37. The third-order valence-corrected chi connectivity index (χ3v) is 3.07. The van der Waals surface area contributed by atoms with E-state index in [4.69, 9.17) is 23.2 Å². The van der Waals surface area contributed by atoms with Crippen molar-refractivity contribution in [2.75, 3.05) is 11.4 Å². The van der Waals surface area contributed by atoms with Gasteiger partial charge in [0.05, 0.1) is 5.38 Å². The third-order valence-electron chi connectivity index (χ3n) is 2.54. The summed E-state index contributed by atoms with van der Waals surface area (Å²) in [6.07, 6.45) is 0.410. The minimum atomic E-state index is -0.0871. The third kappa shape index (κ3) is 2.11. The molecule has 1 atom stereocenters. The first-order chi connectivity index (χ1) is 7.08. The minimum absolute atomic E-state index is 0.0698. The van der Waals surface area contributed by atoms with Crippen molar-refractivity contribution in [3.8, 4) is 0 Å². The van der Waals surface area contributed by atoms with Crippen LogP contribution in [0.2, 0.25) is 5.02 Å². The Morgan fingerprint density at radius 2 is 2.20 bits per heavy atom. The van der Waals surface area contributed by atoms with Gasteiger partial charge in [0.15, 0.2) is 0 Å². The quantitative estimate of drug-likeness (QED) is 0.695. The number of carbonyl (C=O) groups is 1. The lowest BCUT2D eigenvalue weighted by Crippen LogP contribution is -2.25. The summed E-state index contributed by atoms with van der Waals surface area (Å²) >= 11 is 11.9. The van der Waals surface area contributed by atoms with Gasteiger partial charge in [-0.3, -0.25) is 4.79 Å². The number of halogens is 2. The number of rotatable bonds is 1. The molecule has 1 heterocycles. The zero-order chi connectivity index (χ0) is 11.0. The molecule has 0 aliphatic carbocycles. The Kier molecular flexibility index (Phi) is 2.89. The largest absolute Gasteiger partial charge is 0.311 e. The lowest BCUT2D eigenvalue weighted by molar-refractivity contribution is -0.117. The van der Waals surface area contributed by atoms with Gasteiger partial charge in [0.2, 0.25) is 5.91 Å². The highest BCUT2D eigenvalue weighted by atomic mass is 35.5. The molecule has 0 spiro atoms. The van der Waals surface area contributed by atoms with Crippen LogP contribution in [0.5, 0.6) is 0 Å². The van der Waals surface area contributed by atoms with Gasteiger partial charge in [-0.1, -0.05) is 17.7 Å². The molecule has 15 heavy (non-hydrogen) atoms. The zero-order valence-corrected chi connectivity index (χ0v) is 9.85. The lowest BCUT2D eigenvalue weighted by atomic mass is 10.2. The lowest BCUT2D eigenvalue weighted by Gasteiger charge is -2.18. The number of nitrogens with zero attached hydrogens (tertiary/aromatic N) is 1. The van der Waals surface area contributed by atoms with Gasteiger partial charge >= 0.3 is 0 Å². The standard InChI is InChI=1S/C11H11Cl2NO/c1-7-2-3-8(12)4-10(7)14-6-9(13)5-11(14)15/h2-4,9H,5-6H2,1H3. The summed E-state index contributed by atoms with van der Waals surface area (Å²) in [7, 11) is 0. The maximum Gasteiger partial charge on any atom is 0.228 e. The molecule has 0 radical (unpaired) electrons. The van der Waals surface area contributed by atoms with Gasteiger partial charge in [-0.2, -0.15) is 0 Å².